The van der Waals surface area contributed by atoms with Crippen molar-refractivity contribution in [2.45, 2.75) is 85.9 Å². The summed E-state index contributed by atoms with van der Waals surface area (Å²) in [5.74, 6) is 0.743. The van der Waals surface area contributed by atoms with Crippen LogP contribution < -0.4 is 5.32 Å². The molecule has 0 fully saturated rings. The maximum atomic E-state index is 3.65. The lowest BCUT2D eigenvalue weighted by atomic mass is 9.99. The van der Waals surface area contributed by atoms with Gasteiger partial charge in [-0.2, -0.15) is 0 Å². The van der Waals surface area contributed by atoms with E-state index in [-0.39, 0.29) is 0 Å². The Hall–Kier alpha value is -0.0800. The molecule has 0 saturated carbocycles. The third-order valence-electron chi connectivity index (χ3n) is 4.00. The molecule has 0 bridgehead atoms. The predicted molar refractivity (Wildman–Crippen MR) is 83.1 cm³/mol. The monoisotopic (exact) mass is 256 g/mol. The molecule has 2 heteroatoms. The fourth-order valence-electron chi connectivity index (χ4n) is 2.98. The highest BCUT2D eigenvalue weighted by molar-refractivity contribution is 4.84. The van der Waals surface area contributed by atoms with Crippen LogP contribution in [-0.4, -0.2) is 36.1 Å². The van der Waals surface area contributed by atoms with Crippen molar-refractivity contribution in [1.29, 1.82) is 0 Å². The van der Waals surface area contributed by atoms with Crippen LogP contribution in [0.25, 0.3) is 0 Å². The Morgan fingerprint density at radius 1 is 0.889 bits per heavy atom. The fourth-order valence-corrected chi connectivity index (χ4v) is 2.98. The van der Waals surface area contributed by atoms with Crippen molar-refractivity contribution in [3.05, 3.63) is 0 Å². The van der Waals surface area contributed by atoms with Crippen molar-refractivity contribution in [3.63, 3.8) is 0 Å². The quantitative estimate of drug-likeness (QED) is 0.637. The van der Waals surface area contributed by atoms with E-state index in [0.29, 0.717) is 12.1 Å². The van der Waals surface area contributed by atoms with E-state index in [1.165, 1.54) is 25.8 Å². The van der Waals surface area contributed by atoms with E-state index in [1.54, 1.807) is 0 Å². The van der Waals surface area contributed by atoms with Crippen LogP contribution in [-0.2, 0) is 0 Å². The van der Waals surface area contributed by atoms with Gasteiger partial charge in [0, 0.05) is 24.7 Å². The Labute approximate surface area is 116 Å². The molecule has 2 nitrogen and oxygen atoms in total. The van der Waals surface area contributed by atoms with Crippen LogP contribution in [0.1, 0.15) is 67.7 Å². The van der Waals surface area contributed by atoms with Crippen molar-refractivity contribution in [3.8, 4) is 0 Å². The minimum absolute atomic E-state index is 0.620. The van der Waals surface area contributed by atoms with Crippen molar-refractivity contribution >= 4 is 0 Å². The van der Waals surface area contributed by atoms with Crippen molar-refractivity contribution in [2.75, 3.05) is 13.1 Å². The molecule has 0 aromatic rings. The normalized spacial score (nSPS) is 15.7. The molecule has 110 valence electrons. The van der Waals surface area contributed by atoms with E-state index in [0.717, 1.165) is 18.5 Å². The molecule has 18 heavy (non-hydrogen) atoms. The number of hydrogen-bond acceptors (Lipinski definition) is 2. The summed E-state index contributed by atoms with van der Waals surface area (Å²) in [6.07, 6.45) is 3.73. The second kappa shape index (κ2) is 9.80. The largest absolute Gasteiger partial charge is 0.313 e. The second-order valence-electron chi connectivity index (χ2n) is 5.87. The summed E-state index contributed by atoms with van der Waals surface area (Å²) in [4.78, 5) is 2.74. The Balaban J connectivity index is 4.79. The van der Waals surface area contributed by atoms with Gasteiger partial charge in [0.15, 0.2) is 0 Å². The molecule has 0 rings (SSSR count). The van der Waals surface area contributed by atoms with Gasteiger partial charge in [-0.1, -0.05) is 41.5 Å². The van der Waals surface area contributed by atoms with E-state index < -0.39 is 0 Å². The van der Waals surface area contributed by atoms with Gasteiger partial charge in [0.2, 0.25) is 0 Å². The Morgan fingerprint density at radius 3 is 1.78 bits per heavy atom. The van der Waals surface area contributed by atoms with Gasteiger partial charge >= 0.3 is 0 Å². The highest BCUT2D eigenvalue weighted by Gasteiger charge is 2.26. The molecule has 0 amide bonds. The number of nitrogens with one attached hydrogen (secondary N) is 1. The van der Waals surface area contributed by atoms with Crippen LogP contribution >= 0.6 is 0 Å². The summed E-state index contributed by atoms with van der Waals surface area (Å²) >= 11 is 0. The summed E-state index contributed by atoms with van der Waals surface area (Å²) in [5.41, 5.74) is 0. The zero-order chi connectivity index (χ0) is 14.1. The topological polar surface area (TPSA) is 15.3 Å². The molecule has 0 aliphatic rings. The molecule has 0 radical (unpaired) electrons. The SMILES string of the molecule is CCNC(CC)C(C)N(CC(C)C)C(CC)CC. The molecule has 0 aromatic heterocycles. The standard InChI is InChI=1S/C16H36N2/c1-8-15(9-2)18(12-13(5)6)14(7)16(10-3)17-11-4/h13-17H,8-12H2,1-7H3. The fraction of sp³-hybridized carbons (Fsp3) is 1.00. The molecular weight excluding hydrogens is 220 g/mol. The van der Waals surface area contributed by atoms with Crippen LogP contribution in [0.4, 0.5) is 0 Å². The summed E-state index contributed by atoms with van der Waals surface area (Å²) in [7, 11) is 0. The molecular formula is C16H36N2. The Bertz CT molecular complexity index is 188. The van der Waals surface area contributed by atoms with Crippen molar-refractivity contribution in [1.82, 2.24) is 10.2 Å². The first-order valence-electron chi connectivity index (χ1n) is 8.00. The zero-order valence-corrected chi connectivity index (χ0v) is 13.8. The first kappa shape index (κ1) is 17.9. The zero-order valence-electron chi connectivity index (χ0n) is 13.8. The average molecular weight is 256 g/mol. The Morgan fingerprint density at radius 2 is 1.44 bits per heavy atom. The molecule has 0 aliphatic carbocycles. The second-order valence-corrected chi connectivity index (χ2v) is 5.87. The third-order valence-corrected chi connectivity index (χ3v) is 4.00. The van der Waals surface area contributed by atoms with Gasteiger partial charge in [0.05, 0.1) is 0 Å². The first-order chi connectivity index (χ1) is 8.51. The number of nitrogens with zero attached hydrogens (tertiary/aromatic N) is 1. The summed E-state index contributed by atoms with van der Waals surface area (Å²) in [6.45, 7) is 18.5. The van der Waals surface area contributed by atoms with Crippen molar-refractivity contribution < 1.29 is 0 Å². The van der Waals surface area contributed by atoms with Gasteiger partial charge in [-0.3, -0.25) is 4.90 Å². The maximum absolute atomic E-state index is 3.65. The predicted octanol–water partition coefficient (Wildman–Crippen LogP) is 3.91. The molecule has 2 unspecified atom stereocenters. The minimum Gasteiger partial charge on any atom is -0.313 e. The lowest BCUT2D eigenvalue weighted by molar-refractivity contribution is 0.0928. The molecule has 0 aliphatic heterocycles. The van der Waals surface area contributed by atoms with Gasteiger partial charge in [-0.15, -0.1) is 0 Å². The lowest BCUT2D eigenvalue weighted by Crippen LogP contribution is -2.53. The molecule has 1 N–H and O–H groups in total. The average Bonchev–Trinajstić information content (AvgIpc) is 2.35. The molecule has 0 aromatic carbocycles. The highest BCUT2D eigenvalue weighted by atomic mass is 15.2. The van der Waals surface area contributed by atoms with Gasteiger partial charge in [0.25, 0.3) is 0 Å². The summed E-state index contributed by atoms with van der Waals surface area (Å²) < 4.78 is 0. The van der Waals surface area contributed by atoms with Crippen LogP contribution in [0.3, 0.4) is 0 Å². The van der Waals surface area contributed by atoms with Crippen molar-refractivity contribution in [2.24, 2.45) is 5.92 Å². The Kier molecular flexibility index (Phi) is 9.76. The van der Waals surface area contributed by atoms with E-state index in [9.17, 15) is 0 Å². The van der Waals surface area contributed by atoms with Gasteiger partial charge in [-0.05, 0) is 38.6 Å². The highest BCUT2D eigenvalue weighted by Crippen LogP contribution is 2.18. The lowest BCUT2D eigenvalue weighted by Gasteiger charge is -2.41. The molecule has 0 saturated heterocycles. The van der Waals surface area contributed by atoms with E-state index in [1.807, 2.05) is 0 Å². The van der Waals surface area contributed by atoms with Crippen LogP contribution in [0.15, 0.2) is 0 Å². The third kappa shape index (κ3) is 5.71. The molecule has 0 heterocycles. The smallest absolute Gasteiger partial charge is 0.0224 e. The first-order valence-corrected chi connectivity index (χ1v) is 8.00. The van der Waals surface area contributed by atoms with E-state index >= 15 is 0 Å². The van der Waals surface area contributed by atoms with E-state index in [2.05, 4.69) is 58.7 Å². The number of rotatable bonds is 10. The summed E-state index contributed by atoms with van der Waals surface area (Å²) in [5, 5.41) is 3.65. The maximum Gasteiger partial charge on any atom is 0.0224 e. The van der Waals surface area contributed by atoms with Crippen LogP contribution in [0.5, 0.6) is 0 Å². The van der Waals surface area contributed by atoms with Gasteiger partial charge < -0.3 is 5.32 Å². The number of hydrogen-bond donors (Lipinski definition) is 1. The van der Waals surface area contributed by atoms with Crippen LogP contribution in [0, 0.1) is 5.92 Å². The molecule has 0 spiro atoms. The summed E-state index contributed by atoms with van der Waals surface area (Å²) in [6, 6.07) is 1.98. The molecule has 2 atom stereocenters. The number of likely N-dealkylation sites (N-methyl/N-ethyl adjacent to an activating group) is 1. The minimum atomic E-state index is 0.620. The van der Waals surface area contributed by atoms with Gasteiger partial charge in [-0.25, -0.2) is 0 Å². The van der Waals surface area contributed by atoms with E-state index in [4.69, 9.17) is 0 Å². The van der Waals surface area contributed by atoms with Gasteiger partial charge in [0.1, 0.15) is 0 Å². The van der Waals surface area contributed by atoms with Crippen LogP contribution in [0.2, 0.25) is 0 Å².